The summed E-state index contributed by atoms with van der Waals surface area (Å²) in [5, 5.41) is 0. The van der Waals surface area contributed by atoms with Gasteiger partial charge in [-0.1, -0.05) is 325 Å². The van der Waals surface area contributed by atoms with Crippen LogP contribution in [0.5, 0.6) is 0 Å². The van der Waals surface area contributed by atoms with E-state index in [0.717, 1.165) is 103 Å². The summed E-state index contributed by atoms with van der Waals surface area (Å²) >= 11 is 0. The van der Waals surface area contributed by atoms with Gasteiger partial charge in [0.15, 0.2) is 6.10 Å². The highest BCUT2D eigenvalue weighted by Crippen LogP contribution is 2.18. The van der Waals surface area contributed by atoms with Crippen LogP contribution in [0.3, 0.4) is 0 Å². The minimum Gasteiger partial charge on any atom is -0.462 e. The lowest BCUT2D eigenvalue weighted by Crippen LogP contribution is -2.30. The van der Waals surface area contributed by atoms with Crippen molar-refractivity contribution in [1.29, 1.82) is 0 Å². The van der Waals surface area contributed by atoms with Crippen molar-refractivity contribution < 1.29 is 28.6 Å². The number of rotatable bonds is 63. The summed E-state index contributed by atoms with van der Waals surface area (Å²) in [5.74, 6) is -0.866. The van der Waals surface area contributed by atoms with E-state index in [0.29, 0.717) is 19.3 Å². The Kier molecular flexibility index (Phi) is 64.7. The van der Waals surface area contributed by atoms with Gasteiger partial charge in [0.25, 0.3) is 0 Å². The van der Waals surface area contributed by atoms with Crippen molar-refractivity contribution >= 4 is 17.9 Å². The largest absolute Gasteiger partial charge is 0.462 e. The first kappa shape index (κ1) is 75.8. The van der Waals surface area contributed by atoms with Gasteiger partial charge < -0.3 is 14.2 Å². The molecule has 458 valence electrons. The normalized spacial score (nSPS) is 12.5. The van der Waals surface area contributed by atoms with Crippen LogP contribution in [0, 0.1) is 0 Å². The molecule has 0 bridgehead atoms. The third-order valence-corrected chi connectivity index (χ3v) is 15.2. The van der Waals surface area contributed by atoms with Gasteiger partial charge in [-0.25, -0.2) is 0 Å². The second-order valence-electron chi connectivity index (χ2n) is 23.1. The first-order valence-electron chi connectivity index (χ1n) is 34.4. The van der Waals surface area contributed by atoms with E-state index in [1.54, 1.807) is 0 Å². The zero-order valence-electron chi connectivity index (χ0n) is 52.6. The van der Waals surface area contributed by atoms with Crippen LogP contribution in [-0.2, 0) is 28.6 Å². The predicted octanol–water partition coefficient (Wildman–Crippen LogP) is 23.7. The predicted molar refractivity (Wildman–Crippen MR) is 344 cm³/mol. The second kappa shape index (κ2) is 67.4. The highest BCUT2D eigenvalue weighted by atomic mass is 16.6. The van der Waals surface area contributed by atoms with Crippen LogP contribution < -0.4 is 0 Å². The molecule has 6 heteroatoms. The average Bonchev–Trinajstić information content (AvgIpc) is 3.45. The molecule has 1 unspecified atom stereocenters. The number of carbonyl (C=O) groups excluding carboxylic acids is 3. The number of carbonyl (C=O) groups is 3. The van der Waals surface area contributed by atoms with Crippen LogP contribution in [0.4, 0.5) is 0 Å². The van der Waals surface area contributed by atoms with Crippen LogP contribution in [-0.4, -0.2) is 37.2 Å². The number of allylic oxidation sites excluding steroid dienone is 12. The van der Waals surface area contributed by atoms with E-state index in [2.05, 4.69) is 93.7 Å². The number of unbranched alkanes of at least 4 members (excludes halogenated alkanes) is 40. The Labute approximate surface area is 491 Å². The van der Waals surface area contributed by atoms with Crippen LogP contribution in [0.25, 0.3) is 0 Å². The molecule has 0 saturated heterocycles. The van der Waals surface area contributed by atoms with Crippen molar-refractivity contribution in [1.82, 2.24) is 0 Å². The van der Waals surface area contributed by atoms with Crippen molar-refractivity contribution in [2.45, 2.75) is 361 Å². The van der Waals surface area contributed by atoms with Gasteiger partial charge in [0.1, 0.15) is 13.2 Å². The zero-order valence-corrected chi connectivity index (χ0v) is 52.6. The molecule has 0 rings (SSSR count). The topological polar surface area (TPSA) is 78.9 Å². The van der Waals surface area contributed by atoms with Gasteiger partial charge in [-0.2, -0.15) is 0 Å². The van der Waals surface area contributed by atoms with Crippen molar-refractivity contribution in [2.24, 2.45) is 0 Å². The zero-order chi connectivity index (χ0) is 57.1. The molecule has 0 aromatic heterocycles. The standard InChI is InChI=1S/C73H130O6/c1-4-7-10-13-16-19-22-24-26-28-30-32-34-35-36-37-38-39-40-42-43-45-47-49-51-54-57-60-63-66-72(75)78-69-70(68-77-71(74)65-62-59-56-53-21-18-15-12-9-6-3)79-73(76)67-64-61-58-55-52-50-48-46-44-41-33-31-29-27-25-23-20-17-14-11-8-5-2/h7,10,12,15-16,19,24,26,30,32,35-36,70H,4-6,8-9,11,13-14,17-18,20-23,25,27-29,31,33-34,37-69H2,1-3H3/b10-7-,15-12-,19-16-,26-24-,32-30-,36-35-. The Morgan fingerprint density at radius 2 is 0.519 bits per heavy atom. The Hall–Kier alpha value is -3.15. The van der Waals surface area contributed by atoms with Gasteiger partial charge in [0.05, 0.1) is 0 Å². The third-order valence-electron chi connectivity index (χ3n) is 15.2. The van der Waals surface area contributed by atoms with Gasteiger partial charge in [0, 0.05) is 19.3 Å². The van der Waals surface area contributed by atoms with Gasteiger partial charge >= 0.3 is 17.9 Å². The first-order valence-corrected chi connectivity index (χ1v) is 34.4. The first-order chi connectivity index (χ1) is 39.0. The van der Waals surface area contributed by atoms with Gasteiger partial charge in [0.2, 0.25) is 0 Å². The fourth-order valence-electron chi connectivity index (χ4n) is 10.1. The third kappa shape index (κ3) is 65.5. The molecule has 0 aromatic rings. The highest BCUT2D eigenvalue weighted by Gasteiger charge is 2.19. The lowest BCUT2D eigenvalue weighted by atomic mass is 10.0. The lowest BCUT2D eigenvalue weighted by Gasteiger charge is -2.18. The SMILES string of the molecule is CC/C=C\C/C=C\C/C=C\C/C=C\C/C=C\CCCCCCCCCCCCCCCC(=O)OCC(COC(=O)CCCCCCC/C=C\CCC)OC(=O)CCCCCCCCCCCCCCCCCCCCCCCC. The Morgan fingerprint density at radius 1 is 0.266 bits per heavy atom. The van der Waals surface area contributed by atoms with Crippen molar-refractivity contribution in [3.63, 3.8) is 0 Å². The van der Waals surface area contributed by atoms with Gasteiger partial charge in [-0.3, -0.25) is 14.4 Å². The quantitative estimate of drug-likeness (QED) is 0.0261. The second-order valence-corrected chi connectivity index (χ2v) is 23.1. The molecule has 0 heterocycles. The smallest absolute Gasteiger partial charge is 0.306 e. The number of hydrogen-bond acceptors (Lipinski definition) is 6. The van der Waals surface area contributed by atoms with Crippen LogP contribution in [0.2, 0.25) is 0 Å². The molecule has 0 amide bonds. The maximum Gasteiger partial charge on any atom is 0.306 e. The summed E-state index contributed by atoms with van der Waals surface area (Å²) in [6, 6.07) is 0. The molecule has 79 heavy (non-hydrogen) atoms. The fourth-order valence-corrected chi connectivity index (χ4v) is 10.1. The average molecular weight is 1100 g/mol. The summed E-state index contributed by atoms with van der Waals surface area (Å²) in [4.78, 5) is 38.3. The highest BCUT2D eigenvalue weighted by molar-refractivity contribution is 5.71. The van der Waals surface area contributed by atoms with E-state index in [-0.39, 0.29) is 31.1 Å². The van der Waals surface area contributed by atoms with Crippen molar-refractivity contribution in [2.75, 3.05) is 13.2 Å². The summed E-state index contributed by atoms with van der Waals surface area (Å²) in [7, 11) is 0. The van der Waals surface area contributed by atoms with Crippen LogP contribution >= 0.6 is 0 Å². The molecule has 1 atom stereocenters. The molecular weight excluding hydrogens is 973 g/mol. The van der Waals surface area contributed by atoms with E-state index in [1.165, 1.54) is 212 Å². The Bertz CT molecular complexity index is 1450. The van der Waals surface area contributed by atoms with Crippen LogP contribution in [0.15, 0.2) is 72.9 Å². The van der Waals surface area contributed by atoms with Crippen LogP contribution in [0.1, 0.15) is 355 Å². The van der Waals surface area contributed by atoms with E-state index < -0.39 is 6.10 Å². The molecule has 0 spiro atoms. The van der Waals surface area contributed by atoms with Gasteiger partial charge in [-0.05, 0) is 83.5 Å². The van der Waals surface area contributed by atoms with Crippen molar-refractivity contribution in [3.05, 3.63) is 72.9 Å². The molecule has 0 aliphatic carbocycles. The van der Waals surface area contributed by atoms with E-state index in [4.69, 9.17) is 14.2 Å². The molecule has 0 aliphatic heterocycles. The minimum atomic E-state index is -0.777. The summed E-state index contributed by atoms with van der Waals surface area (Å²) < 4.78 is 16.9. The molecule has 6 nitrogen and oxygen atoms in total. The van der Waals surface area contributed by atoms with Gasteiger partial charge in [-0.15, -0.1) is 0 Å². The number of esters is 3. The Morgan fingerprint density at radius 3 is 0.835 bits per heavy atom. The number of hydrogen-bond donors (Lipinski definition) is 0. The molecule has 0 radical (unpaired) electrons. The summed E-state index contributed by atoms with van der Waals surface area (Å²) in [6.45, 7) is 6.51. The molecular formula is C73H130O6. The van der Waals surface area contributed by atoms with E-state index in [1.807, 2.05) is 0 Å². The summed E-state index contributed by atoms with van der Waals surface area (Å²) in [5.41, 5.74) is 0. The molecule has 0 N–H and O–H groups in total. The van der Waals surface area contributed by atoms with Crippen molar-refractivity contribution in [3.8, 4) is 0 Å². The lowest BCUT2D eigenvalue weighted by molar-refractivity contribution is -0.167. The molecule has 0 saturated carbocycles. The fraction of sp³-hybridized carbons (Fsp3) is 0.795. The summed E-state index contributed by atoms with van der Waals surface area (Å²) in [6.07, 6.45) is 88.0. The maximum atomic E-state index is 12.9. The molecule has 0 fully saturated rings. The maximum absolute atomic E-state index is 12.9. The van der Waals surface area contributed by atoms with E-state index >= 15 is 0 Å². The molecule has 0 aromatic carbocycles. The number of ether oxygens (including phenoxy) is 3. The minimum absolute atomic E-state index is 0.0744. The van der Waals surface area contributed by atoms with E-state index in [9.17, 15) is 14.4 Å². The Balaban J connectivity index is 4.16. The molecule has 0 aliphatic rings. The monoisotopic (exact) mass is 1100 g/mol.